The predicted molar refractivity (Wildman–Crippen MR) is 175 cm³/mol. The van der Waals surface area contributed by atoms with E-state index in [4.69, 9.17) is 18.6 Å². The Balaban J connectivity index is 1.04. The average Bonchev–Trinajstić information content (AvgIpc) is 3.53. The van der Waals surface area contributed by atoms with Gasteiger partial charge in [0.05, 0.1) is 31.3 Å². The highest BCUT2D eigenvalue weighted by atomic mass is 16.5. The first-order chi connectivity index (χ1) is 20.9. The van der Waals surface area contributed by atoms with E-state index in [1.54, 1.807) is 13.2 Å². The van der Waals surface area contributed by atoms with Crippen LogP contribution in [-0.2, 0) is 9.53 Å². The summed E-state index contributed by atoms with van der Waals surface area (Å²) < 4.78 is 22.3. The molecule has 1 fully saturated rings. The maximum absolute atomic E-state index is 12.7. The van der Waals surface area contributed by atoms with Crippen molar-refractivity contribution >= 4 is 17.1 Å². The Hall–Kier alpha value is -3.35. The number of benzene rings is 1. The molecule has 1 aliphatic rings. The fraction of sp³-hybridized carbons (Fsp3) is 0.595. The fourth-order valence-electron chi connectivity index (χ4n) is 6.48. The van der Waals surface area contributed by atoms with Crippen LogP contribution < -0.4 is 15.1 Å². The number of pyridine rings is 1. The van der Waals surface area contributed by atoms with Crippen LogP contribution in [0.5, 0.6) is 11.6 Å². The number of hydrogen-bond donors (Lipinski definition) is 0. The van der Waals surface area contributed by atoms with Crippen molar-refractivity contribution in [3.63, 3.8) is 0 Å². The minimum absolute atomic E-state index is 0.00434. The van der Waals surface area contributed by atoms with Gasteiger partial charge in [-0.2, -0.15) is 4.98 Å². The third kappa shape index (κ3) is 8.86. The van der Waals surface area contributed by atoms with E-state index in [0.29, 0.717) is 30.4 Å². The van der Waals surface area contributed by atoms with Crippen LogP contribution in [-0.4, -0.2) is 31.3 Å². The standard InChI is InChI=1S/C37H51NO6/c1-35(2,3)25-36(4)26-37(36,5)34(40)43-22-15-13-11-9-7-8-10-12-14-21-42-31-20-19-28-24-30(33(39)44-32(28)38-31)27-17-16-18-29(23-27)41-6/h16-20,23-24H,7-15,21-22,25-26H2,1-6H3. The Morgan fingerprint density at radius 3 is 2.23 bits per heavy atom. The summed E-state index contributed by atoms with van der Waals surface area (Å²) >= 11 is 0. The normalized spacial score (nSPS) is 19.6. The van der Waals surface area contributed by atoms with Crippen molar-refractivity contribution in [2.24, 2.45) is 16.2 Å². The molecule has 0 bridgehead atoms. The molecule has 1 aliphatic carbocycles. The molecule has 2 aromatic heterocycles. The third-order valence-electron chi connectivity index (χ3n) is 9.05. The summed E-state index contributed by atoms with van der Waals surface area (Å²) in [5, 5.41) is 0.738. The van der Waals surface area contributed by atoms with Gasteiger partial charge in [-0.3, -0.25) is 4.79 Å². The fourth-order valence-corrected chi connectivity index (χ4v) is 6.48. The molecule has 0 spiro atoms. The predicted octanol–water partition coefficient (Wildman–Crippen LogP) is 9.15. The van der Waals surface area contributed by atoms with Crippen LogP contribution in [0.2, 0.25) is 0 Å². The summed E-state index contributed by atoms with van der Waals surface area (Å²) in [5.41, 5.74) is 1.02. The van der Waals surface area contributed by atoms with Crippen molar-refractivity contribution in [1.29, 1.82) is 0 Å². The van der Waals surface area contributed by atoms with E-state index in [2.05, 4.69) is 39.6 Å². The summed E-state index contributed by atoms with van der Waals surface area (Å²) in [6, 6.07) is 12.8. The van der Waals surface area contributed by atoms with Crippen LogP contribution in [0.25, 0.3) is 22.2 Å². The van der Waals surface area contributed by atoms with E-state index in [9.17, 15) is 9.59 Å². The molecule has 0 saturated heterocycles. The van der Waals surface area contributed by atoms with Crippen LogP contribution in [0.1, 0.15) is 105 Å². The summed E-state index contributed by atoms with van der Waals surface area (Å²) in [4.78, 5) is 29.7. The van der Waals surface area contributed by atoms with Gasteiger partial charge in [-0.05, 0) is 73.3 Å². The lowest BCUT2D eigenvalue weighted by molar-refractivity contribution is -0.151. The third-order valence-corrected chi connectivity index (χ3v) is 9.05. The van der Waals surface area contributed by atoms with Crippen LogP contribution >= 0.6 is 0 Å². The van der Waals surface area contributed by atoms with Gasteiger partial charge in [0, 0.05) is 11.5 Å². The van der Waals surface area contributed by atoms with Gasteiger partial charge < -0.3 is 18.6 Å². The molecule has 7 heteroatoms. The van der Waals surface area contributed by atoms with E-state index in [-0.39, 0.29) is 27.9 Å². The Morgan fingerprint density at radius 2 is 1.57 bits per heavy atom. The van der Waals surface area contributed by atoms with Gasteiger partial charge in [0.1, 0.15) is 5.75 Å². The lowest BCUT2D eigenvalue weighted by Gasteiger charge is -2.26. The topological polar surface area (TPSA) is 87.9 Å². The van der Waals surface area contributed by atoms with Crippen molar-refractivity contribution in [3.05, 3.63) is 52.9 Å². The Kier molecular flexibility index (Phi) is 11.1. The van der Waals surface area contributed by atoms with E-state index in [0.717, 1.165) is 49.5 Å². The second-order valence-corrected chi connectivity index (χ2v) is 14.2. The largest absolute Gasteiger partial charge is 0.497 e. The quantitative estimate of drug-likeness (QED) is 0.112. The number of carbonyl (C=O) groups excluding carboxylic acids is 1. The lowest BCUT2D eigenvalue weighted by Crippen LogP contribution is -2.25. The van der Waals surface area contributed by atoms with Crippen LogP contribution in [0, 0.1) is 16.2 Å². The molecular formula is C37H51NO6. The first kappa shape index (κ1) is 33.5. The van der Waals surface area contributed by atoms with E-state index in [1.165, 1.54) is 32.1 Å². The number of rotatable bonds is 17. The summed E-state index contributed by atoms with van der Waals surface area (Å²) in [6.07, 6.45) is 12.1. The molecule has 4 rings (SSSR count). The van der Waals surface area contributed by atoms with Crippen molar-refractivity contribution in [1.82, 2.24) is 4.98 Å². The molecule has 3 aromatic rings. The van der Waals surface area contributed by atoms with Gasteiger partial charge in [-0.1, -0.05) is 84.8 Å². The number of unbranched alkanes of at least 4 members (excludes halogenated alkanes) is 8. The molecule has 0 aliphatic heterocycles. The number of esters is 1. The molecule has 1 saturated carbocycles. The number of ether oxygens (including phenoxy) is 3. The number of methoxy groups -OCH3 is 1. The van der Waals surface area contributed by atoms with Crippen molar-refractivity contribution < 1.29 is 23.4 Å². The van der Waals surface area contributed by atoms with Crippen molar-refractivity contribution in [2.75, 3.05) is 20.3 Å². The average molecular weight is 606 g/mol. The second-order valence-electron chi connectivity index (χ2n) is 14.2. The Labute approximate surface area is 262 Å². The SMILES string of the molecule is COc1cccc(-c2cc3ccc(OCCCCCCCCCCCOC(=O)C4(C)CC4(C)CC(C)(C)C)nc3oc2=O)c1. The molecule has 1 aromatic carbocycles. The summed E-state index contributed by atoms with van der Waals surface area (Å²) in [7, 11) is 1.60. The maximum atomic E-state index is 12.7. The molecule has 44 heavy (non-hydrogen) atoms. The van der Waals surface area contributed by atoms with Gasteiger partial charge in [0.2, 0.25) is 11.6 Å². The summed E-state index contributed by atoms with van der Waals surface area (Å²) in [5.74, 6) is 1.14. The number of fused-ring (bicyclic) bond motifs is 1. The van der Waals surface area contributed by atoms with E-state index in [1.807, 2.05) is 36.4 Å². The van der Waals surface area contributed by atoms with Crippen molar-refractivity contribution in [3.8, 4) is 22.8 Å². The molecule has 0 radical (unpaired) electrons. The number of aromatic nitrogens is 1. The highest BCUT2D eigenvalue weighted by Gasteiger charge is 2.67. The van der Waals surface area contributed by atoms with Crippen LogP contribution in [0.3, 0.4) is 0 Å². The Morgan fingerprint density at radius 1 is 0.909 bits per heavy atom. The molecule has 0 N–H and O–H groups in total. The molecule has 240 valence electrons. The van der Waals surface area contributed by atoms with Gasteiger partial charge in [-0.15, -0.1) is 0 Å². The van der Waals surface area contributed by atoms with E-state index >= 15 is 0 Å². The molecule has 2 heterocycles. The van der Waals surface area contributed by atoms with E-state index < -0.39 is 5.63 Å². The number of hydrogen-bond acceptors (Lipinski definition) is 7. The highest BCUT2D eigenvalue weighted by molar-refractivity contribution is 5.81. The monoisotopic (exact) mass is 605 g/mol. The zero-order valence-electron chi connectivity index (χ0n) is 27.6. The van der Waals surface area contributed by atoms with Gasteiger partial charge in [0.15, 0.2) is 0 Å². The second kappa shape index (κ2) is 14.6. The maximum Gasteiger partial charge on any atom is 0.345 e. The minimum atomic E-state index is -0.443. The minimum Gasteiger partial charge on any atom is -0.497 e. The van der Waals surface area contributed by atoms with Crippen molar-refractivity contribution in [2.45, 2.75) is 105 Å². The zero-order valence-corrected chi connectivity index (χ0v) is 27.6. The Bertz CT molecular complexity index is 1460. The van der Waals surface area contributed by atoms with Gasteiger partial charge >= 0.3 is 11.6 Å². The highest BCUT2D eigenvalue weighted by Crippen LogP contribution is 2.68. The molecule has 0 amide bonds. The zero-order chi connectivity index (χ0) is 31.8. The van der Waals surface area contributed by atoms with Gasteiger partial charge in [0.25, 0.3) is 0 Å². The molecule has 7 nitrogen and oxygen atoms in total. The smallest absolute Gasteiger partial charge is 0.345 e. The van der Waals surface area contributed by atoms with Crippen LogP contribution in [0.4, 0.5) is 0 Å². The molecule has 2 unspecified atom stereocenters. The molecule has 2 atom stereocenters. The lowest BCUT2D eigenvalue weighted by atomic mass is 9.79. The van der Waals surface area contributed by atoms with Crippen LogP contribution in [0.15, 0.2) is 51.7 Å². The number of nitrogens with zero attached hydrogens (tertiary/aromatic N) is 1. The summed E-state index contributed by atoms with van der Waals surface area (Å²) in [6.45, 7) is 12.2. The first-order valence-electron chi connectivity index (χ1n) is 16.3. The number of carbonyl (C=O) groups is 1. The van der Waals surface area contributed by atoms with Gasteiger partial charge in [-0.25, -0.2) is 4.79 Å². The first-order valence-corrected chi connectivity index (χ1v) is 16.3. The molecular weight excluding hydrogens is 554 g/mol.